The van der Waals surface area contributed by atoms with E-state index in [1.807, 2.05) is 36.4 Å². The number of hydrogen-bond donors (Lipinski definition) is 0. The summed E-state index contributed by atoms with van der Waals surface area (Å²) in [7, 11) is -1.95. The Morgan fingerprint density at radius 1 is 0.952 bits per heavy atom. The van der Waals surface area contributed by atoms with Crippen molar-refractivity contribution in [2.24, 2.45) is 0 Å². The Kier molecular flexibility index (Phi) is 2.38. The van der Waals surface area contributed by atoms with Gasteiger partial charge in [0.05, 0.1) is 16.1 Å². The highest BCUT2D eigenvalue weighted by molar-refractivity contribution is 7.93. The van der Waals surface area contributed by atoms with Gasteiger partial charge in [0.15, 0.2) is 0 Å². The van der Waals surface area contributed by atoms with Gasteiger partial charge < -0.3 is 0 Å². The molecule has 2 heterocycles. The van der Waals surface area contributed by atoms with Gasteiger partial charge in [-0.25, -0.2) is 8.42 Å². The van der Waals surface area contributed by atoms with Crippen molar-refractivity contribution in [3.63, 3.8) is 0 Å². The van der Waals surface area contributed by atoms with Crippen LogP contribution in [0.4, 0.5) is 5.69 Å². The molecular weight excluding hydrogens is 284 g/mol. The molecule has 2 aromatic carbocycles. The molecule has 1 aliphatic rings. The van der Waals surface area contributed by atoms with Gasteiger partial charge in [-0.05, 0) is 12.1 Å². The first-order valence-electron chi connectivity index (χ1n) is 6.57. The highest BCUT2D eigenvalue weighted by atomic mass is 32.2. The van der Waals surface area contributed by atoms with E-state index >= 15 is 0 Å². The first-order chi connectivity index (χ1) is 10.1. The number of nitrogens with zero attached hydrogens (tertiary/aromatic N) is 2. The number of benzene rings is 2. The number of pyridine rings is 1. The normalized spacial score (nSPS) is 15.6. The van der Waals surface area contributed by atoms with Gasteiger partial charge in [-0.1, -0.05) is 36.4 Å². The fourth-order valence-corrected chi connectivity index (χ4v) is 4.27. The molecule has 4 rings (SSSR count). The summed E-state index contributed by atoms with van der Waals surface area (Å²) in [4.78, 5) is 4.72. The molecule has 0 unspecified atom stereocenters. The average molecular weight is 296 g/mol. The molecule has 0 spiro atoms. The predicted octanol–water partition coefficient (Wildman–Crippen LogP) is 3.04. The molecule has 3 aromatic rings. The minimum Gasteiger partial charge on any atom is -0.267 e. The number of fused-ring (bicyclic) bond motifs is 5. The van der Waals surface area contributed by atoms with Gasteiger partial charge in [-0.2, -0.15) is 0 Å². The highest BCUT2D eigenvalue weighted by Gasteiger charge is 2.33. The summed E-state index contributed by atoms with van der Waals surface area (Å²) in [5.41, 5.74) is 2.98. The van der Waals surface area contributed by atoms with Gasteiger partial charge in [0.25, 0.3) is 10.0 Å². The average Bonchev–Trinajstić information content (AvgIpc) is 2.52. The van der Waals surface area contributed by atoms with Crippen LogP contribution >= 0.6 is 0 Å². The topological polar surface area (TPSA) is 50.3 Å². The molecule has 0 radical (unpaired) electrons. The third-order valence-electron chi connectivity index (χ3n) is 3.88. The van der Waals surface area contributed by atoms with E-state index in [2.05, 4.69) is 4.98 Å². The Bertz CT molecular complexity index is 980. The van der Waals surface area contributed by atoms with Crippen molar-refractivity contribution in [3.05, 3.63) is 54.7 Å². The summed E-state index contributed by atoms with van der Waals surface area (Å²) >= 11 is 0. The Morgan fingerprint density at radius 2 is 1.76 bits per heavy atom. The van der Waals surface area contributed by atoms with E-state index in [1.165, 1.54) is 4.31 Å². The summed E-state index contributed by atoms with van der Waals surface area (Å²) in [6.45, 7) is 0. The highest BCUT2D eigenvalue weighted by Crippen LogP contribution is 2.44. The second-order valence-corrected chi connectivity index (χ2v) is 6.94. The second-order valence-electron chi connectivity index (χ2n) is 5.01. The van der Waals surface area contributed by atoms with Crippen molar-refractivity contribution < 1.29 is 8.42 Å². The van der Waals surface area contributed by atoms with Crippen LogP contribution in [0.5, 0.6) is 0 Å². The second kappa shape index (κ2) is 4.05. The smallest absolute Gasteiger partial charge is 0.264 e. The zero-order chi connectivity index (χ0) is 14.6. The summed E-state index contributed by atoms with van der Waals surface area (Å²) in [5.74, 6) is 0. The molecule has 1 aliphatic heterocycles. The molecule has 0 atom stereocenters. The van der Waals surface area contributed by atoms with E-state index in [0.717, 1.165) is 16.5 Å². The molecular formula is C16H12N2O2S. The fraction of sp³-hybridized carbons (Fsp3) is 0.0625. The molecule has 0 amide bonds. The van der Waals surface area contributed by atoms with E-state index < -0.39 is 10.0 Å². The molecule has 5 heteroatoms. The van der Waals surface area contributed by atoms with Crippen LogP contribution in [0.1, 0.15) is 0 Å². The Hall–Kier alpha value is -2.40. The first-order valence-corrected chi connectivity index (χ1v) is 8.01. The van der Waals surface area contributed by atoms with Crippen LogP contribution in [-0.4, -0.2) is 20.4 Å². The largest absolute Gasteiger partial charge is 0.267 e. The molecule has 0 saturated carbocycles. The summed E-state index contributed by atoms with van der Waals surface area (Å²) in [6.07, 6.45) is 1.68. The number of aromatic nitrogens is 1. The standard InChI is InChI=1S/C16H12N2O2S/c1-18-16-13(9-8-11-5-4-10-17-15(11)16)12-6-2-3-7-14(12)21(18,19)20/h2-10H,1H3. The lowest BCUT2D eigenvalue weighted by Crippen LogP contribution is -2.30. The van der Waals surface area contributed by atoms with E-state index in [9.17, 15) is 8.42 Å². The Labute approximate surface area is 122 Å². The van der Waals surface area contributed by atoms with Gasteiger partial charge in [0, 0.05) is 29.8 Å². The predicted molar refractivity (Wildman–Crippen MR) is 82.8 cm³/mol. The molecule has 0 bridgehead atoms. The summed E-state index contributed by atoms with van der Waals surface area (Å²) in [6, 6.07) is 14.8. The molecule has 0 saturated heterocycles. The van der Waals surface area contributed by atoms with Crippen molar-refractivity contribution in [1.29, 1.82) is 0 Å². The van der Waals surface area contributed by atoms with Crippen molar-refractivity contribution in [1.82, 2.24) is 4.98 Å². The number of hydrogen-bond acceptors (Lipinski definition) is 3. The monoisotopic (exact) mass is 296 g/mol. The molecule has 4 nitrogen and oxygen atoms in total. The van der Waals surface area contributed by atoms with E-state index in [1.54, 1.807) is 25.4 Å². The molecule has 0 fully saturated rings. The Morgan fingerprint density at radius 3 is 2.62 bits per heavy atom. The van der Waals surface area contributed by atoms with Crippen LogP contribution in [-0.2, 0) is 10.0 Å². The number of sulfonamides is 1. The SMILES string of the molecule is CN1c2c(ccc3cccnc23)-c2ccccc2S1(=O)=O. The third kappa shape index (κ3) is 1.55. The van der Waals surface area contributed by atoms with Crippen molar-refractivity contribution in [2.45, 2.75) is 4.90 Å². The quantitative estimate of drug-likeness (QED) is 0.640. The van der Waals surface area contributed by atoms with Crippen LogP contribution in [0, 0.1) is 0 Å². The maximum atomic E-state index is 12.7. The lowest BCUT2D eigenvalue weighted by atomic mass is 10.0. The van der Waals surface area contributed by atoms with Crippen LogP contribution in [0.2, 0.25) is 0 Å². The van der Waals surface area contributed by atoms with Crippen molar-refractivity contribution >= 4 is 26.6 Å². The lowest BCUT2D eigenvalue weighted by molar-refractivity contribution is 0.594. The lowest BCUT2D eigenvalue weighted by Gasteiger charge is -2.29. The number of rotatable bonds is 0. The van der Waals surface area contributed by atoms with Gasteiger partial charge in [0.2, 0.25) is 0 Å². The van der Waals surface area contributed by atoms with Crippen LogP contribution in [0.3, 0.4) is 0 Å². The van der Waals surface area contributed by atoms with Crippen LogP contribution in [0.15, 0.2) is 59.6 Å². The van der Waals surface area contributed by atoms with Gasteiger partial charge >= 0.3 is 0 Å². The van der Waals surface area contributed by atoms with Crippen molar-refractivity contribution in [3.8, 4) is 11.1 Å². The summed E-state index contributed by atoms with van der Waals surface area (Å²) in [5, 5.41) is 0.928. The Balaban J connectivity index is 2.22. The summed E-state index contributed by atoms with van der Waals surface area (Å²) < 4.78 is 26.8. The maximum absolute atomic E-state index is 12.7. The molecule has 0 aliphatic carbocycles. The maximum Gasteiger partial charge on any atom is 0.264 e. The minimum absolute atomic E-state index is 0.343. The first kappa shape index (κ1) is 12.3. The number of anilines is 1. The zero-order valence-electron chi connectivity index (χ0n) is 11.3. The molecule has 0 N–H and O–H groups in total. The van der Waals surface area contributed by atoms with E-state index in [4.69, 9.17) is 0 Å². The van der Waals surface area contributed by atoms with Crippen LogP contribution < -0.4 is 4.31 Å². The minimum atomic E-state index is -3.53. The third-order valence-corrected chi connectivity index (χ3v) is 5.69. The van der Waals surface area contributed by atoms with E-state index in [-0.39, 0.29) is 0 Å². The molecule has 104 valence electrons. The van der Waals surface area contributed by atoms with Gasteiger partial charge in [-0.15, -0.1) is 0 Å². The van der Waals surface area contributed by atoms with Gasteiger partial charge in [0.1, 0.15) is 0 Å². The van der Waals surface area contributed by atoms with Gasteiger partial charge in [-0.3, -0.25) is 9.29 Å². The molecule has 21 heavy (non-hydrogen) atoms. The zero-order valence-corrected chi connectivity index (χ0v) is 12.1. The molecule has 1 aromatic heterocycles. The fourth-order valence-electron chi connectivity index (χ4n) is 2.85. The van der Waals surface area contributed by atoms with Crippen molar-refractivity contribution in [2.75, 3.05) is 11.4 Å². The van der Waals surface area contributed by atoms with Crippen LogP contribution in [0.25, 0.3) is 22.0 Å². The van der Waals surface area contributed by atoms with E-state index in [0.29, 0.717) is 16.1 Å².